The van der Waals surface area contributed by atoms with Crippen LogP contribution in [0.3, 0.4) is 0 Å². The lowest BCUT2D eigenvalue weighted by Gasteiger charge is -2.15. The number of imidazole rings is 1. The van der Waals surface area contributed by atoms with Crippen LogP contribution < -0.4 is 16.3 Å². The Hall–Kier alpha value is -5.20. The van der Waals surface area contributed by atoms with Gasteiger partial charge in [0, 0.05) is 18.3 Å². The van der Waals surface area contributed by atoms with E-state index < -0.39 is 17.5 Å². The van der Waals surface area contributed by atoms with Crippen molar-refractivity contribution in [3.63, 3.8) is 0 Å². The van der Waals surface area contributed by atoms with Gasteiger partial charge in [-0.25, -0.2) is 18.6 Å². The van der Waals surface area contributed by atoms with Gasteiger partial charge in [-0.05, 0) is 65.4 Å². The van der Waals surface area contributed by atoms with Crippen molar-refractivity contribution >= 4 is 17.5 Å². The Morgan fingerprint density at radius 3 is 2.82 bits per heavy atom. The van der Waals surface area contributed by atoms with E-state index in [2.05, 4.69) is 41.2 Å². The van der Waals surface area contributed by atoms with Crippen LogP contribution >= 0.6 is 0 Å². The average molecular weight is 528 g/mol. The summed E-state index contributed by atoms with van der Waals surface area (Å²) < 4.78 is 14.7. The van der Waals surface area contributed by atoms with Gasteiger partial charge in [0.05, 0.1) is 6.04 Å². The molecule has 0 saturated carbocycles. The molecule has 0 saturated heterocycles. The van der Waals surface area contributed by atoms with E-state index in [-0.39, 0.29) is 35.4 Å². The minimum atomic E-state index is -0.583. The van der Waals surface area contributed by atoms with Crippen LogP contribution in [0.1, 0.15) is 55.7 Å². The number of hydrogen-bond donors (Lipinski definition) is 4. The number of aromatic nitrogens is 7. The Morgan fingerprint density at radius 1 is 1.15 bits per heavy atom. The van der Waals surface area contributed by atoms with Crippen molar-refractivity contribution in [2.24, 2.45) is 0 Å². The first kappa shape index (κ1) is 24.2. The van der Waals surface area contributed by atoms with E-state index in [1.54, 1.807) is 19.1 Å². The number of carbonyl (C=O) groups excluding carboxylic acids is 2. The van der Waals surface area contributed by atoms with Crippen LogP contribution in [0.25, 0.3) is 17.0 Å². The summed E-state index contributed by atoms with van der Waals surface area (Å²) in [6.45, 7) is 1.74. The first-order chi connectivity index (χ1) is 18.9. The van der Waals surface area contributed by atoms with Crippen LogP contribution in [0.2, 0.25) is 0 Å². The van der Waals surface area contributed by atoms with Crippen molar-refractivity contribution < 1.29 is 14.0 Å². The van der Waals surface area contributed by atoms with Gasteiger partial charge in [-0.3, -0.25) is 9.59 Å². The molecule has 13 heteroatoms. The topological polar surface area (TPSA) is 163 Å². The average Bonchev–Trinajstić information content (AvgIpc) is 3.69. The number of carbonyl (C=O) groups is 2. The maximum absolute atomic E-state index is 13.6. The molecule has 0 fully saturated rings. The van der Waals surface area contributed by atoms with Crippen molar-refractivity contribution in [3.8, 4) is 11.4 Å². The summed E-state index contributed by atoms with van der Waals surface area (Å²) in [6, 6.07) is 11.3. The third-order valence-electron chi connectivity index (χ3n) is 6.78. The number of rotatable bonds is 6. The minimum absolute atomic E-state index is 0.00589. The standard InChI is InChI=1S/C26H22FN9O3/c1-13-8-14(2-6-18(13)27)11-28-25(38)21-10-20(30-22-12-29-26(39)36(21)22)24(37)31-19-7-4-15-9-16(3-5-17(15)19)23-32-34-35-33-23/h2-3,5-6,8-10,12,19H,4,7,11H2,1H3,(H,28,38)(H,29,39)(H,31,37)(H,32,33,34,35)/t19-/m0/s1. The molecule has 2 amide bonds. The van der Waals surface area contributed by atoms with E-state index in [4.69, 9.17) is 0 Å². The second-order valence-electron chi connectivity index (χ2n) is 9.29. The molecule has 0 spiro atoms. The van der Waals surface area contributed by atoms with E-state index in [1.165, 1.54) is 18.3 Å². The van der Waals surface area contributed by atoms with Gasteiger partial charge < -0.3 is 15.6 Å². The maximum atomic E-state index is 13.6. The Labute approximate surface area is 219 Å². The van der Waals surface area contributed by atoms with Crippen LogP contribution in [-0.4, -0.2) is 46.8 Å². The molecule has 1 aliphatic rings. The Morgan fingerprint density at radius 2 is 2.03 bits per heavy atom. The quantitative estimate of drug-likeness (QED) is 0.262. The second-order valence-corrected chi connectivity index (χ2v) is 9.29. The first-order valence-corrected chi connectivity index (χ1v) is 12.2. The molecule has 4 N–H and O–H groups in total. The third-order valence-corrected chi connectivity index (χ3v) is 6.78. The lowest BCUT2D eigenvalue weighted by atomic mass is 10.0. The van der Waals surface area contributed by atoms with Gasteiger partial charge in [-0.15, -0.1) is 10.2 Å². The molecule has 0 aliphatic heterocycles. The van der Waals surface area contributed by atoms with E-state index in [1.807, 2.05) is 18.2 Å². The van der Waals surface area contributed by atoms with Crippen molar-refractivity contribution in [3.05, 3.63) is 98.6 Å². The molecule has 3 aromatic heterocycles. The fourth-order valence-corrected chi connectivity index (χ4v) is 4.82. The number of benzene rings is 2. The number of nitrogens with zero attached hydrogens (tertiary/aromatic N) is 5. The van der Waals surface area contributed by atoms with Crippen LogP contribution in [0.5, 0.6) is 0 Å². The number of tetrazole rings is 1. The maximum Gasteiger partial charge on any atom is 0.332 e. The number of aryl methyl sites for hydroxylation is 2. The molecule has 1 atom stereocenters. The Bertz CT molecular complexity index is 1790. The summed E-state index contributed by atoms with van der Waals surface area (Å²) in [6.07, 6.45) is 2.78. The number of H-pyrrole nitrogens is 2. The highest BCUT2D eigenvalue weighted by Crippen LogP contribution is 2.33. The van der Waals surface area contributed by atoms with Gasteiger partial charge in [-0.2, -0.15) is 5.21 Å². The highest BCUT2D eigenvalue weighted by molar-refractivity contribution is 5.98. The van der Waals surface area contributed by atoms with Crippen LogP contribution in [0, 0.1) is 12.7 Å². The summed E-state index contributed by atoms with van der Waals surface area (Å²) in [5, 5.41) is 19.8. The van der Waals surface area contributed by atoms with Crippen molar-refractivity contribution in [2.45, 2.75) is 32.4 Å². The molecule has 3 heterocycles. The molecule has 39 heavy (non-hydrogen) atoms. The molecule has 5 aromatic rings. The van der Waals surface area contributed by atoms with E-state index in [9.17, 15) is 18.8 Å². The largest absolute Gasteiger partial charge is 0.347 e. The van der Waals surface area contributed by atoms with E-state index >= 15 is 0 Å². The number of fused-ring (bicyclic) bond motifs is 2. The van der Waals surface area contributed by atoms with E-state index in [0.717, 1.165) is 27.5 Å². The molecule has 1 aliphatic carbocycles. The molecular formula is C26H22FN9O3. The number of halogens is 1. The smallest absolute Gasteiger partial charge is 0.332 e. The van der Waals surface area contributed by atoms with Crippen molar-refractivity contribution in [1.82, 2.24) is 45.6 Å². The third kappa shape index (κ3) is 4.54. The fourth-order valence-electron chi connectivity index (χ4n) is 4.82. The number of hydrogen-bond acceptors (Lipinski definition) is 7. The minimum Gasteiger partial charge on any atom is -0.347 e. The number of nitrogens with one attached hydrogen (secondary N) is 4. The lowest BCUT2D eigenvalue weighted by Crippen LogP contribution is -2.31. The predicted molar refractivity (Wildman–Crippen MR) is 136 cm³/mol. The zero-order valence-corrected chi connectivity index (χ0v) is 20.7. The van der Waals surface area contributed by atoms with Crippen LogP contribution in [-0.2, 0) is 13.0 Å². The van der Waals surface area contributed by atoms with Gasteiger partial charge >= 0.3 is 5.69 Å². The molecule has 0 unspecified atom stereocenters. The second kappa shape index (κ2) is 9.59. The number of aromatic amines is 2. The zero-order valence-electron chi connectivity index (χ0n) is 20.7. The zero-order chi connectivity index (χ0) is 27.1. The lowest BCUT2D eigenvalue weighted by molar-refractivity contribution is 0.0931. The molecule has 12 nitrogen and oxygen atoms in total. The normalized spacial score (nSPS) is 14.4. The van der Waals surface area contributed by atoms with Gasteiger partial charge in [0.1, 0.15) is 17.2 Å². The fraction of sp³-hybridized carbons (Fsp3) is 0.192. The van der Waals surface area contributed by atoms with E-state index in [0.29, 0.717) is 23.4 Å². The van der Waals surface area contributed by atoms with Crippen LogP contribution in [0.4, 0.5) is 4.39 Å². The van der Waals surface area contributed by atoms with Gasteiger partial charge in [0.2, 0.25) is 5.82 Å². The van der Waals surface area contributed by atoms with Crippen LogP contribution in [0.15, 0.2) is 53.5 Å². The Kier molecular flexibility index (Phi) is 5.94. The van der Waals surface area contributed by atoms with Gasteiger partial charge in [-0.1, -0.05) is 24.3 Å². The summed E-state index contributed by atoms with van der Waals surface area (Å²) >= 11 is 0. The van der Waals surface area contributed by atoms with Crippen molar-refractivity contribution in [1.29, 1.82) is 0 Å². The highest BCUT2D eigenvalue weighted by Gasteiger charge is 2.27. The van der Waals surface area contributed by atoms with Crippen molar-refractivity contribution in [2.75, 3.05) is 0 Å². The highest BCUT2D eigenvalue weighted by atomic mass is 19.1. The molecule has 196 valence electrons. The summed E-state index contributed by atoms with van der Waals surface area (Å²) in [5.74, 6) is -0.910. The molecule has 0 radical (unpaired) electrons. The molecule has 0 bridgehead atoms. The first-order valence-electron chi connectivity index (χ1n) is 12.2. The van der Waals surface area contributed by atoms with Gasteiger partial charge in [0.15, 0.2) is 5.65 Å². The monoisotopic (exact) mass is 527 g/mol. The predicted octanol–water partition coefficient (Wildman–Crippen LogP) is 2.00. The molecular weight excluding hydrogens is 505 g/mol. The number of amides is 2. The summed E-state index contributed by atoms with van der Waals surface area (Å²) in [7, 11) is 0. The summed E-state index contributed by atoms with van der Waals surface area (Å²) in [5.41, 5.74) is 3.52. The SMILES string of the molecule is Cc1cc(CNC(=O)c2cc(C(=O)N[C@H]3CCc4cc(-c5nn[nH]n5)ccc43)nc3c[nH]c(=O)n23)ccc1F. The molecule has 6 rings (SSSR count). The van der Waals surface area contributed by atoms with Gasteiger partial charge in [0.25, 0.3) is 11.8 Å². The molecule has 2 aromatic carbocycles. The summed E-state index contributed by atoms with van der Waals surface area (Å²) in [4.78, 5) is 45.6. The Balaban J connectivity index is 1.24.